The summed E-state index contributed by atoms with van der Waals surface area (Å²) in [7, 11) is 0. The lowest BCUT2D eigenvalue weighted by atomic mass is 9.80. The Morgan fingerprint density at radius 1 is 0.955 bits per heavy atom. The number of aromatic nitrogens is 1. The molecule has 4 aromatic rings. The number of carbonyl (C=O) groups is 1. The minimum absolute atomic E-state index is 0.0386. The monoisotopic (exact) mass is 642 g/mol. The van der Waals surface area contributed by atoms with Crippen molar-refractivity contribution in [3.63, 3.8) is 0 Å². The Bertz CT molecular complexity index is 1620. The molecule has 0 fully saturated rings. The number of nitrogens with zero attached hydrogens (tertiary/aromatic N) is 1. The summed E-state index contributed by atoms with van der Waals surface area (Å²) in [6, 6.07) is 16.8. The molecule has 0 bridgehead atoms. The first kappa shape index (κ1) is 32.7. The zero-order chi connectivity index (χ0) is 32.3. The lowest BCUT2D eigenvalue weighted by Crippen LogP contribution is -2.49. The summed E-state index contributed by atoms with van der Waals surface area (Å²) < 4.78 is 114. The van der Waals surface area contributed by atoms with Crippen LogP contribution in [0.1, 0.15) is 38.3 Å². The molecule has 0 aliphatic heterocycles. The zero-order valence-electron chi connectivity index (χ0n) is 22.7. The lowest BCUT2D eigenvalue weighted by Gasteiger charge is -2.36. The maximum Gasteiger partial charge on any atom is 0.416 e. The number of ether oxygens (including phenoxy) is 1. The van der Waals surface area contributed by atoms with Crippen LogP contribution in [0.5, 0.6) is 5.75 Å². The first-order valence-corrected chi connectivity index (χ1v) is 13.2. The van der Waals surface area contributed by atoms with E-state index in [2.05, 4.69) is 10.3 Å². The number of pyridine rings is 1. The molecule has 0 spiro atoms. The number of aryl methyl sites for hydroxylation is 1. The first-order valence-electron chi connectivity index (χ1n) is 12.9. The molecule has 0 saturated heterocycles. The second kappa shape index (κ2) is 12.8. The van der Waals surface area contributed by atoms with Gasteiger partial charge in [0.05, 0.1) is 16.3 Å². The highest BCUT2D eigenvalue weighted by Crippen LogP contribution is 2.37. The molecule has 4 rings (SSSR count). The third kappa shape index (κ3) is 7.47. The fourth-order valence-corrected chi connectivity index (χ4v) is 4.63. The number of hydrogen-bond donors (Lipinski definition) is 1. The van der Waals surface area contributed by atoms with Crippen molar-refractivity contribution in [3.05, 3.63) is 129 Å². The van der Waals surface area contributed by atoms with Crippen LogP contribution < -0.4 is 10.1 Å². The highest BCUT2D eigenvalue weighted by molar-refractivity contribution is 6.30. The quantitative estimate of drug-likeness (QED) is 0.177. The van der Waals surface area contributed by atoms with Gasteiger partial charge in [-0.3, -0.25) is 9.78 Å². The Balaban J connectivity index is 1.91. The van der Waals surface area contributed by atoms with Crippen molar-refractivity contribution in [2.24, 2.45) is 0 Å². The van der Waals surface area contributed by atoms with Crippen LogP contribution in [0.4, 0.5) is 35.1 Å². The highest BCUT2D eigenvalue weighted by atomic mass is 35.5. The van der Waals surface area contributed by atoms with Crippen molar-refractivity contribution >= 4 is 17.5 Å². The van der Waals surface area contributed by atoms with Crippen LogP contribution in [0.25, 0.3) is 0 Å². The summed E-state index contributed by atoms with van der Waals surface area (Å²) in [6.45, 7) is -0.554. The molecule has 0 unspecified atom stereocenters. The number of benzene rings is 3. The first-order chi connectivity index (χ1) is 20.6. The maximum absolute atomic E-state index is 15.0. The van der Waals surface area contributed by atoms with Crippen LogP contribution in [0, 0.1) is 12.7 Å². The Hall–Kier alpha value is -4.19. The van der Waals surface area contributed by atoms with Gasteiger partial charge < -0.3 is 10.1 Å². The van der Waals surface area contributed by atoms with Crippen LogP contribution in [0.2, 0.25) is 5.02 Å². The summed E-state index contributed by atoms with van der Waals surface area (Å²) >= 11 is 6.04. The van der Waals surface area contributed by atoms with E-state index in [1.165, 1.54) is 31.3 Å². The van der Waals surface area contributed by atoms with Crippen LogP contribution in [-0.4, -0.2) is 29.8 Å². The van der Waals surface area contributed by atoms with Crippen LogP contribution in [-0.2, 0) is 18.1 Å². The zero-order valence-corrected chi connectivity index (χ0v) is 23.5. The minimum atomic E-state index is -4.77. The molecule has 1 aromatic heterocycles. The van der Waals surface area contributed by atoms with E-state index in [4.69, 9.17) is 16.3 Å². The second-order valence-corrected chi connectivity index (χ2v) is 10.4. The summed E-state index contributed by atoms with van der Waals surface area (Å²) in [6.07, 6.45) is -7.78. The predicted molar refractivity (Wildman–Crippen MR) is 147 cm³/mol. The summed E-state index contributed by atoms with van der Waals surface area (Å²) in [5.74, 6) is -7.19. The largest absolute Gasteiger partial charge is 0.487 e. The number of hydrogen-bond acceptors (Lipinski definition) is 3. The average molecular weight is 643 g/mol. The minimum Gasteiger partial charge on any atom is -0.487 e. The Morgan fingerprint density at radius 2 is 1.66 bits per heavy atom. The normalized spacial score (nSPS) is 13.4. The number of carbonyl (C=O) groups excluding carboxylic acids is 1. The van der Waals surface area contributed by atoms with E-state index >= 15 is 4.39 Å². The summed E-state index contributed by atoms with van der Waals surface area (Å²) in [5, 5.41) is 2.87. The van der Waals surface area contributed by atoms with E-state index < -0.39 is 59.3 Å². The van der Waals surface area contributed by atoms with E-state index in [0.29, 0.717) is 17.7 Å². The third-order valence-electron chi connectivity index (χ3n) is 6.72. The van der Waals surface area contributed by atoms with E-state index in [9.17, 15) is 35.5 Å². The van der Waals surface area contributed by atoms with Gasteiger partial charge in [-0.25, -0.2) is 13.2 Å². The molecule has 1 amide bonds. The van der Waals surface area contributed by atoms with E-state index in [0.717, 1.165) is 18.2 Å². The standard InChI is InChI=1S/C31H23ClF8N2O2/c1-18-7-8-20(11-25(18)31(38,39)40)27(43)42-29(15-19-5-3-2-4-6-19,26-10-9-22(32)16-41-26)21-12-23(33)14-24(13-21)44-17-30(36,37)28(34)35/h2-14,16,28H,15,17H2,1H3,(H,42,43)/t29-/m1/s1. The van der Waals surface area contributed by atoms with Crippen molar-refractivity contribution in [2.75, 3.05) is 6.61 Å². The molecule has 4 nitrogen and oxygen atoms in total. The van der Waals surface area contributed by atoms with Crippen molar-refractivity contribution < 1.29 is 44.7 Å². The van der Waals surface area contributed by atoms with Gasteiger partial charge in [0.15, 0.2) is 6.61 Å². The van der Waals surface area contributed by atoms with E-state index in [1.807, 2.05) is 0 Å². The second-order valence-electron chi connectivity index (χ2n) is 9.94. The molecule has 0 aliphatic carbocycles. The van der Waals surface area contributed by atoms with Gasteiger partial charge in [0.2, 0.25) is 0 Å². The molecule has 1 atom stereocenters. The topological polar surface area (TPSA) is 51.2 Å². The third-order valence-corrected chi connectivity index (χ3v) is 6.95. The van der Waals surface area contributed by atoms with Gasteiger partial charge in [-0.2, -0.15) is 22.0 Å². The molecule has 0 aliphatic rings. The molecule has 232 valence electrons. The molecule has 1 N–H and O–H groups in total. The SMILES string of the molecule is Cc1ccc(C(=O)N[C@](Cc2ccccc2)(c2cc(F)cc(OCC(F)(F)C(F)F)c2)c2ccc(Cl)cn2)cc1C(F)(F)F. The molecule has 0 saturated carbocycles. The number of rotatable bonds is 10. The smallest absolute Gasteiger partial charge is 0.416 e. The summed E-state index contributed by atoms with van der Waals surface area (Å²) in [5.41, 5.74) is -3.00. The van der Waals surface area contributed by atoms with Crippen LogP contribution in [0.3, 0.4) is 0 Å². The van der Waals surface area contributed by atoms with Gasteiger partial charge in [-0.05, 0) is 60.0 Å². The van der Waals surface area contributed by atoms with E-state index in [1.54, 1.807) is 30.3 Å². The number of halogens is 9. The highest BCUT2D eigenvalue weighted by Gasteiger charge is 2.43. The fourth-order valence-electron chi connectivity index (χ4n) is 4.52. The number of nitrogens with one attached hydrogen (secondary N) is 1. The Morgan fingerprint density at radius 3 is 2.27 bits per heavy atom. The average Bonchev–Trinajstić information content (AvgIpc) is 2.96. The lowest BCUT2D eigenvalue weighted by molar-refractivity contribution is -0.148. The van der Waals surface area contributed by atoms with Crippen LogP contribution in [0.15, 0.2) is 85.1 Å². The number of alkyl halides is 7. The van der Waals surface area contributed by atoms with Gasteiger partial charge in [-0.1, -0.05) is 48.0 Å². The molecule has 0 radical (unpaired) electrons. The fraction of sp³-hybridized carbons (Fsp3) is 0.226. The van der Waals surface area contributed by atoms with Gasteiger partial charge in [-0.15, -0.1) is 0 Å². The molecule has 1 heterocycles. The van der Waals surface area contributed by atoms with Gasteiger partial charge >= 0.3 is 18.5 Å². The number of amides is 1. The van der Waals surface area contributed by atoms with Gasteiger partial charge in [0, 0.05) is 24.2 Å². The Kier molecular flexibility index (Phi) is 9.53. The van der Waals surface area contributed by atoms with Crippen molar-refractivity contribution in [2.45, 2.75) is 37.4 Å². The Labute approximate surface area is 251 Å². The summed E-state index contributed by atoms with van der Waals surface area (Å²) in [4.78, 5) is 18.0. The molecule has 44 heavy (non-hydrogen) atoms. The van der Waals surface area contributed by atoms with Gasteiger partial charge in [0.25, 0.3) is 5.91 Å². The van der Waals surface area contributed by atoms with Gasteiger partial charge in [0.1, 0.15) is 17.1 Å². The van der Waals surface area contributed by atoms with Crippen molar-refractivity contribution in [1.29, 1.82) is 0 Å². The maximum atomic E-state index is 15.0. The van der Waals surface area contributed by atoms with Crippen molar-refractivity contribution in [3.8, 4) is 5.75 Å². The molecule has 3 aromatic carbocycles. The van der Waals surface area contributed by atoms with Crippen LogP contribution >= 0.6 is 11.6 Å². The van der Waals surface area contributed by atoms with Crippen molar-refractivity contribution in [1.82, 2.24) is 10.3 Å². The predicted octanol–water partition coefficient (Wildman–Crippen LogP) is 8.40. The molecule has 13 heteroatoms. The molecular weight excluding hydrogens is 620 g/mol. The van der Waals surface area contributed by atoms with E-state index in [-0.39, 0.29) is 28.3 Å². The molecular formula is C31H23ClF8N2O2.